The van der Waals surface area contributed by atoms with Crippen LogP contribution in [0.2, 0.25) is 0 Å². The molecule has 2 aromatic heterocycles. The van der Waals surface area contributed by atoms with Crippen molar-refractivity contribution in [2.24, 2.45) is 0 Å². The predicted molar refractivity (Wildman–Crippen MR) is 131 cm³/mol. The highest BCUT2D eigenvalue weighted by atomic mass is 79.9. The number of ether oxygens (including phenoxy) is 1. The van der Waals surface area contributed by atoms with Crippen molar-refractivity contribution in [2.75, 3.05) is 17.8 Å². The Morgan fingerprint density at radius 3 is 2.82 bits per heavy atom. The summed E-state index contributed by atoms with van der Waals surface area (Å²) in [6, 6.07) is 7.73. The number of nitrogens with one attached hydrogen (secondary N) is 1. The molecule has 1 N–H and O–H groups in total. The number of nitrogens with zero attached hydrogens (tertiary/aromatic N) is 3. The van der Waals surface area contributed by atoms with E-state index in [-0.39, 0.29) is 28.8 Å². The van der Waals surface area contributed by atoms with Crippen LogP contribution in [-0.2, 0) is 9.53 Å². The first-order valence-corrected chi connectivity index (χ1v) is 12.1. The fraction of sp³-hybridized carbons (Fsp3) is 0.250. The lowest BCUT2D eigenvalue weighted by molar-refractivity contribution is -0.113. The van der Waals surface area contributed by atoms with Gasteiger partial charge in [0, 0.05) is 45.4 Å². The van der Waals surface area contributed by atoms with Gasteiger partial charge in [-0.3, -0.25) is 14.6 Å². The lowest BCUT2D eigenvalue weighted by Crippen LogP contribution is -2.18. The van der Waals surface area contributed by atoms with Gasteiger partial charge in [-0.1, -0.05) is 0 Å². The molecule has 0 spiro atoms. The van der Waals surface area contributed by atoms with E-state index in [1.807, 2.05) is 0 Å². The Morgan fingerprint density at radius 2 is 2.06 bits per heavy atom. The molecular weight excluding hydrogens is 527 g/mol. The smallest absolute Gasteiger partial charge is 0.239 e. The number of aromatic nitrogens is 3. The second-order valence-corrected chi connectivity index (χ2v) is 9.10. The van der Waals surface area contributed by atoms with Crippen LogP contribution >= 0.6 is 27.5 Å². The molecule has 0 aliphatic carbocycles. The molecule has 1 aliphatic rings. The molecule has 0 saturated carbocycles. The summed E-state index contributed by atoms with van der Waals surface area (Å²) in [4.78, 5) is 30.4. The molecule has 7 nitrogen and oxygen atoms in total. The molecule has 0 radical (unpaired) electrons. The molecule has 2 aromatic carbocycles. The number of carbonyl (C=O) groups excluding carboxylic acids is 2. The second kappa shape index (κ2) is 9.40. The van der Waals surface area contributed by atoms with Gasteiger partial charge < -0.3 is 10.1 Å². The molecule has 5 rings (SSSR count). The van der Waals surface area contributed by atoms with Crippen LogP contribution in [0.1, 0.15) is 41.4 Å². The zero-order chi connectivity index (χ0) is 23.8. The number of alkyl halides is 1. The van der Waals surface area contributed by atoms with Crippen molar-refractivity contribution in [1.29, 1.82) is 0 Å². The summed E-state index contributed by atoms with van der Waals surface area (Å²) >= 11 is 9.20. The summed E-state index contributed by atoms with van der Waals surface area (Å²) in [5, 5.41) is 8.06. The van der Waals surface area contributed by atoms with Gasteiger partial charge in [-0.25, -0.2) is 9.07 Å². The van der Waals surface area contributed by atoms with E-state index >= 15 is 0 Å². The molecule has 1 unspecified atom stereocenters. The van der Waals surface area contributed by atoms with Crippen molar-refractivity contribution < 1.29 is 18.7 Å². The number of halogens is 3. The minimum atomic E-state index is -0.527. The SMILES string of the molecule is O=C(CCl)Nc1c(C(=O)c2ccc(F)c3nn(C4CCCCO4)cc23)cc(Br)c2ncccc12. The minimum Gasteiger partial charge on any atom is -0.357 e. The third-order valence-corrected chi connectivity index (χ3v) is 6.66. The molecule has 1 saturated heterocycles. The third kappa shape index (κ3) is 4.08. The van der Waals surface area contributed by atoms with Gasteiger partial charge >= 0.3 is 0 Å². The number of rotatable bonds is 5. The summed E-state index contributed by atoms with van der Waals surface area (Å²) in [5.74, 6) is -1.67. The van der Waals surface area contributed by atoms with Crippen molar-refractivity contribution in [3.63, 3.8) is 0 Å². The van der Waals surface area contributed by atoms with Crippen LogP contribution in [0.3, 0.4) is 0 Å². The average molecular weight is 546 g/mol. The van der Waals surface area contributed by atoms with Crippen molar-refractivity contribution in [1.82, 2.24) is 14.8 Å². The molecule has 34 heavy (non-hydrogen) atoms. The average Bonchev–Trinajstić information content (AvgIpc) is 3.32. The standard InChI is InChI=1S/C24H19BrClFN4O3/c25-17-10-15(21(29-19(32)11-26)14-4-3-8-28-22(14)17)24(33)13-6-7-18(27)23-16(13)12-31(30-23)20-5-1-2-9-34-20/h3-4,6-8,10,12,20H,1-2,5,9,11H2,(H,29,32). The van der Waals surface area contributed by atoms with E-state index in [1.165, 1.54) is 12.1 Å². The number of hydrogen-bond donors (Lipinski definition) is 1. The fourth-order valence-corrected chi connectivity index (χ4v) is 4.82. The maximum Gasteiger partial charge on any atom is 0.239 e. The topological polar surface area (TPSA) is 86.1 Å². The number of anilines is 1. The highest BCUT2D eigenvalue weighted by Gasteiger charge is 2.25. The molecule has 1 aliphatic heterocycles. The van der Waals surface area contributed by atoms with E-state index < -0.39 is 17.5 Å². The van der Waals surface area contributed by atoms with Crippen LogP contribution in [0.25, 0.3) is 21.8 Å². The third-order valence-electron chi connectivity index (χ3n) is 5.81. The van der Waals surface area contributed by atoms with E-state index in [2.05, 4.69) is 31.3 Å². The maximum absolute atomic E-state index is 14.7. The van der Waals surface area contributed by atoms with E-state index in [4.69, 9.17) is 16.3 Å². The van der Waals surface area contributed by atoms with Gasteiger partial charge in [0.15, 0.2) is 11.6 Å². The number of ketones is 1. The highest BCUT2D eigenvalue weighted by molar-refractivity contribution is 9.10. The van der Waals surface area contributed by atoms with Gasteiger partial charge in [0.25, 0.3) is 0 Å². The van der Waals surface area contributed by atoms with E-state index in [1.54, 1.807) is 35.3 Å². The van der Waals surface area contributed by atoms with Crippen molar-refractivity contribution in [3.8, 4) is 0 Å². The number of amides is 1. The van der Waals surface area contributed by atoms with Gasteiger partial charge in [-0.2, -0.15) is 5.10 Å². The molecular formula is C24H19BrClFN4O3. The number of benzene rings is 2. The quantitative estimate of drug-likeness (QED) is 0.261. The van der Waals surface area contributed by atoms with Gasteiger partial charge in [0.05, 0.1) is 11.2 Å². The summed E-state index contributed by atoms with van der Waals surface area (Å²) in [6.07, 6.45) is 5.68. The Morgan fingerprint density at radius 1 is 1.21 bits per heavy atom. The normalized spacial score (nSPS) is 16.1. The Bertz CT molecular complexity index is 1440. The summed E-state index contributed by atoms with van der Waals surface area (Å²) < 4.78 is 22.6. The minimum absolute atomic E-state index is 0.0906. The van der Waals surface area contributed by atoms with Crippen molar-refractivity contribution in [3.05, 3.63) is 64.1 Å². The summed E-state index contributed by atoms with van der Waals surface area (Å²) in [5.41, 5.74) is 1.45. The van der Waals surface area contributed by atoms with Crippen LogP contribution < -0.4 is 5.32 Å². The Hall–Kier alpha value is -2.88. The van der Waals surface area contributed by atoms with Crippen molar-refractivity contribution in [2.45, 2.75) is 25.5 Å². The first-order chi connectivity index (χ1) is 16.5. The molecule has 174 valence electrons. The molecule has 10 heteroatoms. The molecule has 0 bridgehead atoms. The molecule has 1 fully saturated rings. The van der Waals surface area contributed by atoms with Crippen LogP contribution in [0.15, 0.2) is 47.2 Å². The predicted octanol–water partition coefficient (Wildman–Crippen LogP) is 5.59. The van der Waals surface area contributed by atoms with Crippen molar-refractivity contribution >= 4 is 66.7 Å². The molecule has 1 amide bonds. The van der Waals surface area contributed by atoms with E-state index in [0.29, 0.717) is 33.1 Å². The summed E-state index contributed by atoms with van der Waals surface area (Å²) in [7, 11) is 0. The van der Waals surface area contributed by atoms with Gasteiger partial charge in [-0.05, 0) is 65.5 Å². The summed E-state index contributed by atoms with van der Waals surface area (Å²) in [6.45, 7) is 0.609. The van der Waals surface area contributed by atoms with E-state index in [9.17, 15) is 14.0 Å². The van der Waals surface area contributed by atoms with Gasteiger partial charge in [-0.15, -0.1) is 11.6 Å². The maximum atomic E-state index is 14.7. The zero-order valence-electron chi connectivity index (χ0n) is 17.9. The molecule has 3 heterocycles. The van der Waals surface area contributed by atoms with Gasteiger partial charge in [0.2, 0.25) is 5.91 Å². The number of fused-ring (bicyclic) bond motifs is 2. The largest absolute Gasteiger partial charge is 0.357 e. The number of carbonyl (C=O) groups is 2. The first kappa shape index (κ1) is 22.9. The van der Waals surface area contributed by atoms with Crippen LogP contribution in [0.4, 0.5) is 10.1 Å². The lowest BCUT2D eigenvalue weighted by atomic mass is 9.96. The highest BCUT2D eigenvalue weighted by Crippen LogP contribution is 2.35. The second-order valence-electron chi connectivity index (χ2n) is 7.98. The Labute approximate surface area is 207 Å². The van der Waals surface area contributed by atoms with E-state index in [0.717, 1.165) is 19.3 Å². The lowest BCUT2D eigenvalue weighted by Gasteiger charge is -2.22. The van der Waals surface area contributed by atoms with Crippen LogP contribution in [-0.4, -0.2) is 38.9 Å². The fourth-order valence-electron chi connectivity index (χ4n) is 4.21. The van der Waals surface area contributed by atoms with Gasteiger partial charge in [0.1, 0.15) is 17.6 Å². The molecule has 4 aromatic rings. The number of pyridine rings is 1. The number of hydrogen-bond acceptors (Lipinski definition) is 5. The first-order valence-electron chi connectivity index (χ1n) is 10.7. The monoisotopic (exact) mass is 544 g/mol. The van der Waals surface area contributed by atoms with Crippen LogP contribution in [0.5, 0.6) is 0 Å². The Kier molecular flexibility index (Phi) is 6.33. The molecule has 1 atom stereocenters. The zero-order valence-corrected chi connectivity index (χ0v) is 20.2. The van der Waals surface area contributed by atoms with Crippen LogP contribution in [0, 0.1) is 5.82 Å². The Balaban J connectivity index is 1.67.